The third kappa shape index (κ3) is 4.64. The Morgan fingerprint density at radius 1 is 1.50 bits per heavy atom. The quantitative estimate of drug-likeness (QED) is 0.721. The number of carboxylic acid groups (broad SMARTS) is 1. The largest absolute Gasteiger partial charge is 0.480 e. The summed E-state index contributed by atoms with van der Waals surface area (Å²) in [5.74, 6) is -1.25. The lowest BCUT2D eigenvalue weighted by Gasteiger charge is -2.22. The van der Waals surface area contributed by atoms with Crippen LogP contribution in [0.4, 0.5) is 4.79 Å². The number of carbonyl (C=O) groups excluding carboxylic acids is 1. The van der Waals surface area contributed by atoms with Crippen LogP contribution in [0.1, 0.15) is 20.3 Å². The van der Waals surface area contributed by atoms with Crippen molar-refractivity contribution < 1.29 is 14.7 Å². The number of urea groups is 1. The van der Waals surface area contributed by atoms with E-state index in [1.165, 1.54) is 11.9 Å². The number of hydrogen-bond acceptors (Lipinski definition) is 3. The molecule has 0 aromatic rings. The highest BCUT2D eigenvalue weighted by Crippen LogP contribution is 2.02. The van der Waals surface area contributed by atoms with Crippen LogP contribution in [0.25, 0.3) is 0 Å². The fraction of sp³-hybridized carbons (Fsp3) is 0.700. The molecule has 0 unspecified atom stereocenters. The highest BCUT2D eigenvalue weighted by atomic mass is 16.4. The predicted octanol–water partition coefficient (Wildman–Crippen LogP) is 0.651. The number of rotatable bonds is 5. The van der Waals surface area contributed by atoms with Crippen LogP contribution in [-0.2, 0) is 4.79 Å². The number of nitriles is 1. The molecule has 0 aliphatic carbocycles. The summed E-state index contributed by atoms with van der Waals surface area (Å²) in [7, 11) is 1.52. The molecule has 0 heterocycles. The molecule has 0 aliphatic rings. The van der Waals surface area contributed by atoms with Gasteiger partial charge < -0.3 is 15.3 Å². The van der Waals surface area contributed by atoms with Gasteiger partial charge in [-0.05, 0) is 5.92 Å². The minimum atomic E-state index is -1.06. The van der Waals surface area contributed by atoms with Crippen molar-refractivity contribution in [1.29, 1.82) is 5.26 Å². The monoisotopic (exact) mass is 227 g/mol. The van der Waals surface area contributed by atoms with Crippen LogP contribution in [0.2, 0.25) is 0 Å². The van der Waals surface area contributed by atoms with Crippen molar-refractivity contribution >= 4 is 12.0 Å². The molecule has 2 amide bonds. The van der Waals surface area contributed by atoms with Crippen LogP contribution in [0, 0.1) is 17.2 Å². The first kappa shape index (κ1) is 14.2. The van der Waals surface area contributed by atoms with Gasteiger partial charge in [-0.15, -0.1) is 0 Å². The Morgan fingerprint density at radius 3 is 2.44 bits per heavy atom. The van der Waals surface area contributed by atoms with E-state index in [2.05, 4.69) is 5.32 Å². The van der Waals surface area contributed by atoms with Gasteiger partial charge in [-0.3, -0.25) is 0 Å². The fourth-order valence-electron chi connectivity index (χ4n) is 1.08. The summed E-state index contributed by atoms with van der Waals surface area (Å²) in [6, 6.07) is 0.533. The number of nitrogens with zero attached hydrogens (tertiary/aromatic N) is 2. The smallest absolute Gasteiger partial charge is 0.326 e. The summed E-state index contributed by atoms with van der Waals surface area (Å²) in [5, 5.41) is 19.6. The second kappa shape index (κ2) is 6.67. The lowest BCUT2D eigenvalue weighted by atomic mass is 10.1. The third-order valence-electron chi connectivity index (χ3n) is 2.12. The molecule has 0 aliphatic heterocycles. The molecule has 1 atom stereocenters. The van der Waals surface area contributed by atoms with Gasteiger partial charge in [-0.25, -0.2) is 9.59 Å². The fourth-order valence-corrected chi connectivity index (χ4v) is 1.08. The van der Waals surface area contributed by atoms with Crippen molar-refractivity contribution in [3.05, 3.63) is 0 Å². The number of hydrogen-bond donors (Lipinski definition) is 2. The Labute approximate surface area is 94.8 Å². The molecule has 0 rings (SSSR count). The molecule has 0 fully saturated rings. The molecule has 16 heavy (non-hydrogen) atoms. The average Bonchev–Trinajstić information content (AvgIpc) is 2.20. The summed E-state index contributed by atoms with van der Waals surface area (Å²) >= 11 is 0. The van der Waals surface area contributed by atoms with Crippen LogP contribution in [-0.4, -0.2) is 41.6 Å². The van der Waals surface area contributed by atoms with Crippen LogP contribution in [0.3, 0.4) is 0 Å². The number of aliphatic carboxylic acids is 1. The Kier molecular flexibility index (Phi) is 5.93. The SMILES string of the molecule is CC(C)[C@@H](NC(=O)N(C)CCC#N)C(=O)O. The second-order valence-electron chi connectivity index (χ2n) is 3.84. The van der Waals surface area contributed by atoms with Crippen molar-refractivity contribution in [3.8, 4) is 6.07 Å². The van der Waals surface area contributed by atoms with E-state index >= 15 is 0 Å². The van der Waals surface area contributed by atoms with Gasteiger partial charge in [0.2, 0.25) is 0 Å². The second-order valence-corrected chi connectivity index (χ2v) is 3.84. The maximum atomic E-state index is 11.5. The molecule has 0 saturated heterocycles. The normalized spacial score (nSPS) is 11.7. The zero-order chi connectivity index (χ0) is 12.7. The van der Waals surface area contributed by atoms with Gasteiger partial charge in [0.25, 0.3) is 0 Å². The molecule has 2 N–H and O–H groups in total. The van der Waals surface area contributed by atoms with Crippen molar-refractivity contribution in [2.24, 2.45) is 5.92 Å². The van der Waals surface area contributed by atoms with Crippen LogP contribution in [0.5, 0.6) is 0 Å². The molecule has 90 valence electrons. The van der Waals surface area contributed by atoms with E-state index in [1.807, 2.05) is 6.07 Å². The van der Waals surface area contributed by atoms with Gasteiger partial charge in [0, 0.05) is 13.6 Å². The molecule has 6 heteroatoms. The minimum absolute atomic E-state index is 0.189. The Hall–Kier alpha value is -1.77. The molecular weight excluding hydrogens is 210 g/mol. The number of carboxylic acids is 1. The zero-order valence-corrected chi connectivity index (χ0v) is 9.73. The van der Waals surface area contributed by atoms with Gasteiger partial charge in [0.1, 0.15) is 6.04 Å². The maximum Gasteiger partial charge on any atom is 0.326 e. The average molecular weight is 227 g/mol. The van der Waals surface area contributed by atoms with Gasteiger partial charge in [-0.2, -0.15) is 5.26 Å². The first-order valence-electron chi connectivity index (χ1n) is 5.01. The highest BCUT2D eigenvalue weighted by molar-refractivity contribution is 5.82. The van der Waals surface area contributed by atoms with Crippen LogP contribution < -0.4 is 5.32 Å². The Balaban J connectivity index is 4.30. The summed E-state index contributed by atoms with van der Waals surface area (Å²) in [4.78, 5) is 23.6. The standard InChI is InChI=1S/C10H17N3O3/c1-7(2)8(9(14)15)12-10(16)13(3)6-4-5-11/h7-8H,4,6H2,1-3H3,(H,12,16)(H,14,15)/t8-/m1/s1. The summed E-state index contributed by atoms with van der Waals surface area (Å²) in [6.07, 6.45) is 0.226. The lowest BCUT2D eigenvalue weighted by molar-refractivity contribution is -0.140. The first-order chi connectivity index (χ1) is 7.40. The lowest BCUT2D eigenvalue weighted by Crippen LogP contribution is -2.49. The molecule has 0 aromatic heterocycles. The van der Waals surface area contributed by atoms with E-state index in [0.717, 1.165) is 0 Å². The Morgan fingerprint density at radius 2 is 2.06 bits per heavy atom. The van der Waals surface area contributed by atoms with Crippen molar-refractivity contribution in [3.63, 3.8) is 0 Å². The molecule has 0 radical (unpaired) electrons. The molecule has 6 nitrogen and oxygen atoms in total. The summed E-state index contributed by atoms with van der Waals surface area (Å²) in [5.41, 5.74) is 0. The maximum absolute atomic E-state index is 11.5. The predicted molar refractivity (Wildman–Crippen MR) is 57.7 cm³/mol. The van der Waals surface area contributed by atoms with Crippen molar-refractivity contribution in [2.45, 2.75) is 26.3 Å². The first-order valence-corrected chi connectivity index (χ1v) is 5.01. The highest BCUT2D eigenvalue weighted by Gasteiger charge is 2.24. The van der Waals surface area contributed by atoms with Gasteiger partial charge in [0.15, 0.2) is 0 Å². The van der Waals surface area contributed by atoms with E-state index < -0.39 is 18.0 Å². The Bertz CT molecular complexity index is 296. The molecular formula is C10H17N3O3. The van der Waals surface area contributed by atoms with Crippen molar-refractivity contribution in [1.82, 2.24) is 10.2 Å². The zero-order valence-electron chi connectivity index (χ0n) is 9.73. The van der Waals surface area contributed by atoms with Gasteiger partial charge >= 0.3 is 12.0 Å². The minimum Gasteiger partial charge on any atom is -0.480 e. The summed E-state index contributed by atoms with van der Waals surface area (Å²) in [6.45, 7) is 3.72. The number of carbonyl (C=O) groups is 2. The topological polar surface area (TPSA) is 93.4 Å². The molecule has 0 spiro atoms. The van der Waals surface area contributed by atoms with E-state index in [9.17, 15) is 9.59 Å². The third-order valence-corrected chi connectivity index (χ3v) is 2.12. The van der Waals surface area contributed by atoms with Crippen LogP contribution in [0.15, 0.2) is 0 Å². The van der Waals surface area contributed by atoms with E-state index in [1.54, 1.807) is 13.8 Å². The van der Waals surface area contributed by atoms with E-state index in [4.69, 9.17) is 10.4 Å². The molecule has 0 bridgehead atoms. The van der Waals surface area contributed by atoms with Gasteiger partial charge in [0.05, 0.1) is 12.5 Å². The number of amides is 2. The summed E-state index contributed by atoms with van der Waals surface area (Å²) < 4.78 is 0. The number of nitrogens with one attached hydrogen (secondary N) is 1. The van der Waals surface area contributed by atoms with E-state index in [-0.39, 0.29) is 18.9 Å². The van der Waals surface area contributed by atoms with Crippen molar-refractivity contribution in [2.75, 3.05) is 13.6 Å². The molecule has 0 saturated carbocycles. The van der Waals surface area contributed by atoms with E-state index in [0.29, 0.717) is 0 Å². The molecule has 0 aromatic carbocycles. The van der Waals surface area contributed by atoms with Gasteiger partial charge in [-0.1, -0.05) is 13.8 Å². The van der Waals surface area contributed by atoms with Crippen LogP contribution >= 0.6 is 0 Å².